The molecule has 0 saturated carbocycles. The molecule has 0 aliphatic carbocycles. The van der Waals surface area contributed by atoms with Crippen molar-refractivity contribution in [2.24, 2.45) is 0 Å². The Morgan fingerprint density at radius 2 is 1.69 bits per heavy atom. The number of hydrogen-bond acceptors (Lipinski definition) is 4. The summed E-state index contributed by atoms with van der Waals surface area (Å²) in [5, 5.41) is 1.54. The van der Waals surface area contributed by atoms with Gasteiger partial charge in [-0.25, -0.2) is 4.79 Å². The van der Waals surface area contributed by atoms with Crippen LogP contribution in [0.25, 0.3) is 0 Å². The predicted molar refractivity (Wildman–Crippen MR) is 142 cm³/mol. The molecule has 1 aliphatic rings. The smallest absolute Gasteiger partial charge is 0.338 e. The lowest BCUT2D eigenvalue weighted by molar-refractivity contribution is -0.155. The summed E-state index contributed by atoms with van der Waals surface area (Å²) in [6, 6.07) is 19.2. The number of halogens is 4. The second-order valence-electron chi connectivity index (χ2n) is 8.43. The number of hydrogen-bond donors (Lipinski definition) is 0. The number of nitrogens with zero attached hydrogens (tertiary/aromatic N) is 1. The Kier molecular flexibility index (Phi) is 8.81. The Bertz CT molecular complexity index is 1250. The number of esters is 1. The van der Waals surface area contributed by atoms with E-state index in [0.717, 1.165) is 5.56 Å². The minimum Gasteiger partial charge on any atom is -0.462 e. The molecule has 0 aromatic heterocycles. The number of morpholine rings is 1. The highest BCUT2D eigenvalue weighted by molar-refractivity contribution is 6.42. The summed E-state index contributed by atoms with van der Waals surface area (Å²) in [6.07, 6.45) is 0.408. The summed E-state index contributed by atoms with van der Waals surface area (Å²) in [6.45, 7) is 1.02. The molecule has 3 aromatic carbocycles. The molecule has 1 fully saturated rings. The number of benzene rings is 3. The first kappa shape index (κ1) is 26.8. The van der Waals surface area contributed by atoms with Gasteiger partial charge in [0.25, 0.3) is 0 Å². The molecule has 1 amide bonds. The lowest BCUT2D eigenvalue weighted by atomic mass is 9.88. The molecular weight excluding hydrogens is 544 g/mol. The van der Waals surface area contributed by atoms with Crippen LogP contribution in [0.3, 0.4) is 0 Å². The Morgan fingerprint density at radius 1 is 0.917 bits per heavy atom. The van der Waals surface area contributed by atoms with E-state index in [2.05, 4.69) is 0 Å². The molecule has 4 rings (SSSR count). The van der Waals surface area contributed by atoms with Gasteiger partial charge in [-0.15, -0.1) is 0 Å². The summed E-state index contributed by atoms with van der Waals surface area (Å²) in [5.41, 5.74) is 0.904. The van der Waals surface area contributed by atoms with Gasteiger partial charge in [0.2, 0.25) is 5.91 Å². The van der Waals surface area contributed by atoms with Gasteiger partial charge >= 0.3 is 5.97 Å². The molecule has 1 unspecified atom stereocenters. The monoisotopic (exact) mass is 565 g/mol. The summed E-state index contributed by atoms with van der Waals surface area (Å²) in [5.74, 6) is -0.549. The largest absolute Gasteiger partial charge is 0.462 e. The van der Waals surface area contributed by atoms with Crippen molar-refractivity contribution in [1.29, 1.82) is 0 Å². The van der Waals surface area contributed by atoms with Crippen molar-refractivity contribution in [2.75, 3.05) is 26.3 Å². The van der Waals surface area contributed by atoms with Crippen molar-refractivity contribution < 1.29 is 19.1 Å². The molecule has 1 aliphatic heterocycles. The van der Waals surface area contributed by atoms with Gasteiger partial charge < -0.3 is 14.4 Å². The zero-order valence-corrected chi connectivity index (χ0v) is 22.2. The van der Waals surface area contributed by atoms with Crippen molar-refractivity contribution in [2.45, 2.75) is 18.4 Å². The van der Waals surface area contributed by atoms with E-state index in [-0.39, 0.29) is 25.5 Å². The zero-order valence-electron chi connectivity index (χ0n) is 19.2. The van der Waals surface area contributed by atoms with Crippen LogP contribution in [-0.2, 0) is 26.3 Å². The molecule has 5 nitrogen and oxygen atoms in total. The molecule has 1 saturated heterocycles. The first-order valence-corrected chi connectivity index (χ1v) is 12.8. The fraction of sp³-hybridized carbons (Fsp3) is 0.259. The molecule has 9 heteroatoms. The number of carbonyl (C=O) groups excluding carboxylic acids is 2. The van der Waals surface area contributed by atoms with Crippen molar-refractivity contribution in [3.8, 4) is 0 Å². The van der Waals surface area contributed by atoms with Crippen molar-refractivity contribution in [3.05, 3.63) is 104 Å². The van der Waals surface area contributed by atoms with Crippen LogP contribution in [0, 0.1) is 0 Å². The highest BCUT2D eigenvalue weighted by atomic mass is 35.5. The normalized spacial score (nSPS) is 17.6. The van der Waals surface area contributed by atoms with Crippen molar-refractivity contribution >= 4 is 58.3 Å². The minimum absolute atomic E-state index is 0.0795. The van der Waals surface area contributed by atoms with Gasteiger partial charge in [-0.05, 0) is 41.5 Å². The maximum Gasteiger partial charge on any atom is 0.338 e. The topological polar surface area (TPSA) is 55.8 Å². The number of ether oxygens (including phenoxy) is 2. The summed E-state index contributed by atoms with van der Waals surface area (Å²) < 4.78 is 11.8. The zero-order chi connectivity index (χ0) is 25.7. The van der Waals surface area contributed by atoms with Crippen LogP contribution in [0.1, 0.15) is 27.9 Å². The fourth-order valence-corrected chi connectivity index (χ4v) is 4.86. The molecular formula is C27H23Cl4NO4. The standard InChI is InChI=1S/C27H23Cl4NO4/c28-21-10-9-20(16-23(21)30)27(11-13-35-26(34)18-5-2-1-3-6-18)17-32(12-14-36-27)24(33)15-19-7-4-8-22(29)25(19)31/h1-10,16H,11-15,17H2. The molecule has 188 valence electrons. The highest BCUT2D eigenvalue weighted by Gasteiger charge is 2.40. The molecule has 0 spiro atoms. The lowest BCUT2D eigenvalue weighted by Crippen LogP contribution is -2.52. The van der Waals surface area contributed by atoms with E-state index >= 15 is 0 Å². The second kappa shape index (κ2) is 11.8. The SMILES string of the molecule is O=C(OCCC1(c2ccc(Cl)c(Cl)c2)CN(C(=O)Cc2cccc(Cl)c2Cl)CCO1)c1ccccc1. The van der Waals surface area contributed by atoms with Gasteiger partial charge in [0.15, 0.2) is 0 Å². The van der Waals surface area contributed by atoms with E-state index < -0.39 is 11.6 Å². The molecule has 36 heavy (non-hydrogen) atoms. The molecule has 0 radical (unpaired) electrons. The predicted octanol–water partition coefficient (Wildman–Crippen LogP) is 6.84. The lowest BCUT2D eigenvalue weighted by Gasteiger charge is -2.43. The molecule has 0 N–H and O–H groups in total. The first-order valence-electron chi connectivity index (χ1n) is 11.3. The van der Waals surface area contributed by atoms with E-state index in [1.54, 1.807) is 59.5 Å². The molecule has 0 bridgehead atoms. The van der Waals surface area contributed by atoms with Crippen LogP contribution in [0.5, 0.6) is 0 Å². The molecule has 1 atom stereocenters. The van der Waals surface area contributed by atoms with E-state index in [4.69, 9.17) is 55.9 Å². The van der Waals surface area contributed by atoms with Gasteiger partial charge in [0.05, 0.1) is 51.8 Å². The maximum atomic E-state index is 13.3. The second-order valence-corrected chi connectivity index (χ2v) is 10.0. The van der Waals surface area contributed by atoms with Crippen LogP contribution < -0.4 is 0 Å². The van der Waals surface area contributed by atoms with Gasteiger partial charge in [-0.1, -0.05) is 82.8 Å². The van der Waals surface area contributed by atoms with Gasteiger partial charge in [-0.2, -0.15) is 0 Å². The van der Waals surface area contributed by atoms with Crippen molar-refractivity contribution in [3.63, 3.8) is 0 Å². The Balaban J connectivity index is 1.54. The van der Waals surface area contributed by atoms with Crippen LogP contribution in [0.15, 0.2) is 66.7 Å². The number of rotatable bonds is 7. The van der Waals surface area contributed by atoms with Gasteiger partial charge in [0, 0.05) is 13.0 Å². The maximum absolute atomic E-state index is 13.3. The van der Waals surface area contributed by atoms with E-state index in [9.17, 15) is 9.59 Å². The minimum atomic E-state index is -0.947. The third-order valence-corrected chi connectivity index (χ3v) is 7.70. The van der Waals surface area contributed by atoms with Gasteiger partial charge in [-0.3, -0.25) is 4.79 Å². The Labute approximate surface area is 229 Å². The summed E-state index contributed by atoms with van der Waals surface area (Å²) >= 11 is 24.9. The van der Waals surface area contributed by atoms with Crippen LogP contribution in [0.4, 0.5) is 0 Å². The summed E-state index contributed by atoms with van der Waals surface area (Å²) in [7, 11) is 0. The average molecular weight is 567 g/mol. The Hall–Kier alpha value is -2.28. The van der Waals surface area contributed by atoms with Crippen LogP contribution in [0.2, 0.25) is 20.1 Å². The van der Waals surface area contributed by atoms with Gasteiger partial charge in [0.1, 0.15) is 5.60 Å². The summed E-state index contributed by atoms with van der Waals surface area (Å²) in [4.78, 5) is 27.5. The van der Waals surface area contributed by atoms with E-state index in [1.807, 2.05) is 12.1 Å². The molecule has 1 heterocycles. The van der Waals surface area contributed by atoms with Crippen LogP contribution >= 0.6 is 46.4 Å². The first-order chi connectivity index (χ1) is 17.3. The third-order valence-electron chi connectivity index (χ3n) is 6.11. The quantitative estimate of drug-likeness (QED) is 0.294. The molecule has 3 aromatic rings. The van der Waals surface area contributed by atoms with Crippen molar-refractivity contribution in [1.82, 2.24) is 4.90 Å². The number of carbonyl (C=O) groups is 2. The third kappa shape index (κ3) is 6.16. The Morgan fingerprint density at radius 3 is 2.44 bits per heavy atom. The number of amides is 1. The highest BCUT2D eigenvalue weighted by Crippen LogP contribution is 2.37. The average Bonchev–Trinajstić information content (AvgIpc) is 2.89. The van der Waals surface area contributed by atoms with E-state index in [1.165, 1.54) is 0 Å². The van der Waals surface area contributed by atoms with Crippen LogP contribution in [-0.4, -0.2) is 43.1 Å². The van der Waals surface area contributed by atoms with E-state index in [0.29, 0.717) is 50.8 Å². The fourth-order valence-electron chi connectivity index (χ4n) is 4.17.